The van der Waals surface area contributed by atoms with Crippen molar-refractivity contribution in [2.75, 3.05) is 4.90 Å². The Balaban J connectivity index is 1.58. The van der Waals surface area contributed by atoms with E-state index in [9.17, 15) is 22.8 Å². The lowest BCUT2D eigenvalue weighted by molar-refractivity contribution is -0.137. The summed E-state index contributed by atoms with van der Waals surface area (Å²) >= 11 is 0. The minimum absolute atomic E-state index is 0.0602. The molecule has 0 N–H and O–H groups in total. The van der Waals surface area contributed by atoms with Gasteiger partial charge in [0, 0.05) is 0 Å². The Morgan fingerprint density at radius 1 is 1.04 bits per heavy atom. The Morgan fingerprint density at radius 3 is 2.43 bits per heavy atom. The molecule has 0 saturated carbocycles. The molecule has 0 bridgehead atoms. The lowest BCUT2D eigenvalue weighted by Crippen LogP contribution is -2.39. The van der Waals surface area contributed by atoms with Crippen LogP contribution in [0.2, 0.25) is 0 Å². The summed E-state index contributed by atoms with van der Waals surface area (Å²) in [5.41, 5.74) is 0.953. The number of anilines is 1. The summed E-state index contributed by atoms with van der Waals surface area (Å²) in [5.74, 6) is -0.982. The maximum absolute atomic E-state index is 12.9. The highest BCUT2D eigenvalue weighted by atomic mass is 19.4. The van der Waals surface area contributed by atoms with Gasteiger partial charge in [0.25, 0.3) is 11.8 Å². The van der Waals surface area contributed by atoms with Gasteiger partial charge in [0.15, 0.2) is 12.1 Å². The highest BCUT2D eigenvalue weighted by molar-refractivity contribution is 6.25. The second-order valence-electron chi connectivity index (χ2n) is 6.74. The van der Waals surface area contributed by atoms with Gasteiger partial charge in [-0.3, -0.25) is 14.6 Å². The summed E-state index contributed by atoms with van der Waals surface area (Å²) in [6, 6.07) is 9.74. The zero-order valence-electron chi connectivity index (χ0n) is 14.7. The van der Waals surface area contributed by atoms with Crippen LogP contribution in [-0.4, -0.2) is 28.9 Å². The summed E-state index contributed by atoms with van der Waals surface area (Å²) < 4.78 is 38.7. The van der Waals surface area contributed by atoms with E-state index in [1.165, 1.54) is 17.1 Å². The minimum atomic E-state index is -4.47. The Kier molecular flexibility index (Phi) is 4.17. The summed E-state index contributed by atoms with van der Waals surface area (Å²) in [4.78, 5) is 26.6. The first-order chi connectivity index (χ1) is 13.3. The van der Waals surface area contributed by atoms with Crippen molar-refractivity contribution in [1.82, 2.24) is 5.01 Å². The van der Waals surface area contributed by atoms with E-state index in [-0.39, 0.29) is 6.54 Å². The van der Waals surface area contributed by atoms with Crippen LogP contribution in [0.1, 0.15) is 16.7 Å². The molecule has 2 heterocycles. The van der Waals surface area contributed by atoms with E-state index >= 15 is 0 Å². The van der Waals surface area contributed by atoms with Gasteiger partial charge < -0.3 is 0 Å². The van der Waals surface area contributed by atoms with Gasteiger partial charge in [-0.15, -0.1) is 0 Å². The molecule has 9 heteroatoms. The molecule has 1 saturated heterocycles. The predicted molar refractivity (Wildman–Crippen MR) is 93.1 cm³/mol. The zero-order chi connectivity index (χ0) is 20.1. The molecule has 2 aliphatic heterocycles. The third kappa shape index (κ3) is 3.02. The van der Waals surface area contributed by atoms with E-state index in [1.54, 1.807) is 24.3 Å². The van der Waals surface area contributed by atoms with E-state index in [4.69, 9.17) is 0 Å². The highest BCUT2D eigenvalue weighted by Crippen LogP contribution is 2.34. The predicted octanol–water partition coefficient (Wildman–Crippen LogP) is 3.51. The second kappa shape index (κ2) is 6.43. The van der Waals surface area contributed by atoms with Crippen molar-refractivity contribution < 1.29 is 22.8 Å². The summed E-state index contributed by atoms with van der Waals surface area (Å²) in [6.45, 7) is 1.83. The highest BCUT2D eigenvalue weighted by Gasteiger charge is 2.54. The number of imide groups is 1. The van der Waals surface area contributed by atoms with Crippen LogP contribution < -0.4 is 4.90 Å². The fraction of sp³-hybridized carbons (Fsp3) is 0.263. The molecule has 2 atom stereocenters. The average molecular weight is 388 g/mol. The fourth-order valence-corrected chi connectivity index (χ4v) is 3.34. The Labute approximate surface area is 158 Å². The second-order valence-corrected chi connectivity index (χ2v) is 6.74. The SMILES string of the molecule is Cc1ccc(N2C(=O)[C@@H]3N=NN(Cc4cccc(C(F)(F)F)c4)[C@H]3C2=O)cc1. The monoisotopic (exact) mass is 388 g/mol. The molecule has 0 spiro atoms. The van der Waals surface area contributed by atoms with E-state index in [0.717, 1.165) is 22.6 Å². The van der Waals surface area contributed by atoms with E-state index in [1.807, 2.05) is 6.92 Å². The van der Waals surface area contributed by atoms with Gasteiger partial charge in [-0.2, -0.15) is 18.3 Å². The zero-order valence-corrected chi connectivity index (χ0v) is 14.7. The summed E-state index contributed by atoms with van der Waals surface area (Å²) in [6.07, 6.45) is -4.47. The van der Waals surface area contributed by atoms with Gasteiger partial charge in [-0.1, -0.05) is 35.1 Å². The van der Waals surface area contributed by atoms with E-state index in [2.05, 4.69) is 10.3 Å². The number of benzene rings is 2. The summed E-state index contributed by atoms with van der Waals surface area (Å²) in [7, 11) is 0. The van der Waals surface area contributed by atoms with Gasteiger partial charge in [0.2, 0.25) is 0 Å². The first kappa shape index (κ1) is 18.1. The van der Waals surface area contributed by atoms with Gasteiger partial charge in [0.05, 0.1) is 17.8 Å². The number of hydrogen-bond donors (Lipinski definition) is 0. The Hall–Kier alpha value is -3.23. The van der Waals surface area contributed by atoms with Crippen molar-refractivity contribution in [2.45, 2.75) is 31.7 Å². The minimum Gasteiger partial charge on any atom is -0.271 e. The Morgan fingerprint density at radius 2 is 1.75 bits per heavy atom. The number of fused-ring (bicyclic) bond motifs is 1. The molecule has 0 aliphatic carbocycles. The van der Waals surface area contributed by atoms with Gasteiger partial charge in [-0.05, 0) is 36.8 Å². The van der Waals surface area contributed by atoms with E-state index < -0.39 is 35.6 Å². The molecular formula is C19H15F3N4O2. The number of nitrogens with zero attached hydrogens (tertiary/aromatic N) is 4. The first-order valence-electron chi connectivity index (χ1n) is 8.54. The van der Waals surface area contributed by atoms with Crippen molar-refractivity contribution in [3.63, 3.8) is 0 Å². The van der Waals surface area contributed by atoms with Crippen LogP contribution in [0.4, 0.5) is 18.9 Å². The molecule has 144 valence electrons. The van der Waals surface area contributed by atoms with Crippen molar-refractivity contribution in [2.24, 2.45) is 10.3 Å². The van der Waals surface area contributed by atoms with E-state index in [0.29, 0.717) is 11.3 Å². The molecule has 6 nitrogen and oxygen atoms in total. The van der Waals surface area contributed by atoms with Crippen molar-refractivity contribution >= 4 is 17.5 Å². The molecule has 2 aliphatic rings. The topological polar surface area (TPSA) is 65.3 Å². The number of carbonyl (C=O) groups excluding carboxylic acids is 2. The smallest absolute Gasteiger partial charge is 0.271 e. The maximum Gasteiger partial charge on any atom is 0.416 e. The number of halogens is 3. The molecule has 2 aromatic rings. The van der Waals surface area contributed by atoms with Crippen molar-refractivity contribution in [3.8, 4) is 0 Å². The largest absolute Gasteiger partial charge is 0.416 e. The number of hydrogen-bond acceptors (Lipinski definition) is 5. The molecule has 1 fully saturated rings. The van der Waals surface area contributed by atoms with Gasteiger partial charge in [-0.25, -0.2) is 4.90 Å². The fourth-order valence-electron chi connectivity index (χ4n) is 3.34. The molecular weight excluding hydrogens is 373 g/mol. The Bertz CT molecular complexity index is 972. The average Bonchev–Trinajstić information content (AvgIpc) is 3.16. The van der Waals surface area contributed by atoms with Gasteiger partial charge in [0.1, 0.15) is 0 Å². The van der Waals surface area contributed by atoms with Crippen LogP contribution >= 0.6 is 0 Å². The normalized spacial score (nSPS) is 21.6. The third-order valence-corrected chi connectivity index (χ3v) is 4.75. The third-order valence-electron chi connectivity index (χ3n) is 4.75. The maximum atomic E-state index is 12.9. The number of rotatable bonds is 3. The van der Waals surface area contributed by atoms with Crippen LogP contribution in [0.5, 0.6) is 0 Å². The molecule has 28 heavy (non-hydrogen) atoms. The number of carbonyl (C=O) groups is 2. The lowest BCUT2D eigenvalue weighted by atomic mass is 10.1. The van der Waals surface area contributed by atoms with Crippen LogP contribution in [0, 0.1) is 6.92 Å². The molecule has 0 radical (unpaired) electrons. The van der Waals surface area contributed by atoms with Crippen molar-refractivity contribution in [1.29, 1.82) is 0 Å². The number of alkyl halides is 3. The summed E-state index contributed by atoms with van der Waals surface area (Å²) in [5, 5.41) is 9.02. The van der Waals surface area contributed by atoms with Crippen LogP contribution in [-0.2, 0) is 22.3 Å². The first-order valence-corrected chi connectivity index (χ1v) is 8.54. The lowest BCUT2D eigenvalue weighted by Gasteiger charge is -2.21. The quantitative estimate of drug-likeness (QED) is 0.756. The molecule has 2 amide bonds. The van der Waals surface area contributed by atoms with Gasteiger partial charge >= 0.3 is 6.18 Å². The van der Waals surface area contributed by atoms with Crippen LogP contribution in [0.15, 0.2) is 58.9 Å². The van der Waals surface area contributed by atoms with Crippen LogP contribution in [0.25, 0.3) is 0 Å². The molecule has 0 aromatic heterocycles. The number of aryl methyl sites for hydroxylation is 1. The van der Waals surface area contributed by atoms with Crippen molar-refractivity contribution in [3.05, 3.63) is 65.2 Å². The molecule has 4 rings (SSSR count). The number of amides is 2. The van der Waals surface area contributed by atoms with Crippen LogP contribution in [0.3, 0.4) is 0 Å². The molecule has 2 aromatic carbocycles. The molecule has 0 unspecified atom stereocenters. The standard InChI is InChI=1S/C19H15F3N4O2/c1-11-5-7-14(8-6-11)26-17(27)15-16(18(26)28)25(24-23-15)10-12-3-2-4-13(9-12)19(20,21)22/h2-9,15-16H,10H2,1H3/t15-,16-/m1/s1.